The highest BCUT2D eigenvalue weighted by molar-refractivity contribution is 7.90. The van der Waals surface area contributed by atoms with E-state index in [2.05, 4.69) is 14.8 Å². The monoisotopic (exact) mass is 333 g/mol. The van der Waals surface area contributed by atoms with Crippen molar-refractivity contribution in [2.75, 3.05) is 6.54 Å². The van der Waals surface area contributed by atoms with Gasteiger partial charge in [0.25, 0.3) is 10.0 Å². The van der Waals surface area contributed by atoms with Crippen LogP contribution in [0.25, 0.3) is 11.1 Å². The van der Waals surface area contributed by atoms with Crippen LogP contribution in [0.5, 0.6) is 0 Å². The number of hydrogen-bond acceptors (Lipinski definition) is 4. The summed E-state index contributed by atoms with van der Waals surface area (Å²) in [6.07, 6.45) is 5.69. The van der Waals surface area contributed by atoms with Crippen LogP contribution in [0.15, 0.2) is 47.1 Å². The molecule has 0 aliphatic carbocycles. The molecule has 1 atom stereocenters. The van der Waals surface area contributed by atoms with Crippen molar-refractivity contribution in [2.24, 2.45) is 10.1 Å². The van der Waals surface area contributed by atoms with E-state index in [9.17, 15) is 8.42 Å². The number of rotatable bonds is 3. The summed E-state index contributed by atoms with van der Waals surface area (Å²) in [4.78, 5) is 0. The quantitative estimate of drug-likeness (QED) is 0.648. The zero-order chi connectivity index (χ0) is 16.3. The highest BCUT2D eigenvalue weighted by atomic mass is 32.2. The van der Waals surface area contributed by atoms with Crippen LogP contribution < -0.4 is 11.1 Å². The Morgan fingerprint density at radius 1 is 1.26 bits per heavy atom. The van der Waals surface area contributed by atoms with Gasteiger partial charge in [0.15, 0.2) is 0 Å². The third-order valence-electron chi connectivity index (χ3n) is 3.77. The molecule has 2 aromatic rings. The van der Waals surface area contributed by atoms with Gasteiger partial charge in [-0.25, -0.2) is 13.1 Å². The maximum absolute atomic E-state index is 12.3. The van der Waals surface area contributed by atoms with Gasteiger partial charge in [0.1, 0.15) is 5.37 Å². The molecule has 0 radical (unpaired) electrons. The van der Waals surface area contributed by atoms with Crippen molar-refractivity contribution in [1.82, 2.24) is 15.1 Å². The summed E-state index contributed by atoms with van der Waals surface area (Å²) in [5.74, 6) is -0.153. The molecule has 1 aromatic heterocycles. The van der Waals surface area contributed by atoms with Crippen LogP contribution in [-0.2, 0) is 10.0 Å². The van der Waals surface area contributed by atoms with Crippen molar-refractivity contribution in [1.29, 1.82) is 0 Å². The van der Waals surface area contributed by atoms with E-state index in [1.165, 1.54) is 4.68 Å². The molecule has 122 valence electrons. The molecule has 0 bridgehead atoms. The highest BCUT2D eigenvalue weighted by Gasteiger charge is 2.27. The standard InChI is InChI=1S/C15H19N5O2S/c16-15(19-23(21,22)14-8-4-5-9-17-14)20-11-13(10-18-20)12-6-2-1-3-7-12/h1-3,6-7,10-11,14,17H,4-5,8-9H2,(H2,16,19). The van der Waals surface area contributed by atoms with Crippen LogP contribution in [0.3, 0.4) is 0 Å². The molecule has 0 spiro atoms. The fraction of sp³-hybridized carbons (Fsp3) is 0.333. The van der Waals surface area contributed by atoms with Gasteiger partial charge in [-0.1, -0.05) is 30.3 Å². The average molecular weight is 333 g/mol. The number of benzene rings is 1. The SMILES string of the molecule is NC(=NS(=O)(=O)C1CCCCN1)n1cc(-c2ccccc2)cn1. The Labute approximate surface area is 135 Å². The van der Waals surface area contributed by atoms with E-state index in [1.54, 1.807) is 12.4 Å². The van der Waals surface area contributed by atoms with Crippen molar-refractivity contribution >= 4 is 16.0 Å². The highest BCUT2D eigenvalue weighted by Crippen LogP contribution is 2.18. The van der Waals surface area contributed by atoms with Gasteiger partial charge < -0.3 is 5.73 Å². The Hall–Kier alpha value is -2.19. The van der Waals surface area contributed by atoms with Crippen LogP contribution in [0.2, 0.25) is 0 Å². The third-order valence-corrected chi connectivity index (χ3v) is 5.33. The number of nitrogens with one attached hydrogen (secondary N) is 1. The number of sulfonamides is 1. The van der Waals surface area contributed by atoms with Crippen molar-refractivity contribution < 1.29 is 8.42 Å². The van der Waals surface area contributed by atoms with Crippen LogP contribution in [0.1, 0.15) is 19.3 Å². The van der Waals surface area contributed by atoms with Crippen molar-refractivity contribution in [3.05, 3.63) is 42.7 Å². The normalized spacial score (nSPS) is 19.7. The first-order chi connectivity index (χ1) is 11.1. The maximum Gasteiger partial charge on any atom is 0.272 e. The number of aromatic nitrogens is 2. The van der Waals surface area contributed by atoms with Crippen LogP contribution >= 0.6 is 0 Å². The largest absolute Gasteiger partial charge is 0.367 e. The first-order valence-electron chi connectivity index (χ1n) is 7.49. The lowest BCUT2D eigenvalue weighted by Gasteiger charge is -2.21. The topological polar surface area (TPSA) is 102 Å². The van der Waals surface area contributed by atoms with E-state index >= 15 is 0 Å². The predicted octanol–water partition coefficient (Wildman–Crippen LogP) is 1.14. The first-order valence-corrected chi connectivity index (χ1v) is 9.00. The molecule has 23 heavy (non-hydrogen) atoms. The lowest BCUT2D eigenvalue weighted by molar-refractivity contribution is 0.461. The van der Waals surface area contributed by atoms with Crippen molar-refractivity contribution in [3.63, 3.8) is 0 Å². The Kier molecular flexibility index (Phi) is 4.44. The minimum absolute atomic E-state index is 0.153. The summed E-state index contributed by atoms with van der Waals surface area (Å²) in [7, 11) is -3.70. The Morgan fingerprint density at radius 3 is 2.74 bits per heavy atom. The van der Waals surface area contributed by atoms with E-state index in [4.69, 9.17) is 5.73 Å². The summed E-state index contributed by atoms with van der Waals surface area (Å²) in [5, 5.41) is 6.40. The second-order valence-electron chi connectivity index (χ2n) is 5.44. The van der Waals surface area contributed by atoms with Gasteiger partial charge in [0.05, 0.1) is 6.20 Å². The van der Waals surface area contributed by atoms with Gasteiger partial charge in [-0.2, -0.15) is 5.10 Å². The summed E-state index contributed by atoms with van der Waals surface area (Å²) in [6, 6.07) is 9.65. The second-order valence-corrected chi connectivity index (χ2v) is 7.22. The zero-order valence-electron chi connectivity index (χ0n) is 12.6. The number of nitrogens with zero attached hydrogens (tertiary/aromatic N) is 3. The molecular weight excluding hydrogens is 314 g/mol. The van der Waals surface area contributed by atoms with Gasteiger partial charge in [-0.15, -0.1) is 4.40 Å². The minimum Gasteiger partial charge on any atom is -0.367 e. The Morgan fingerprint density at radius 2 is 2.04 bits per heavy atom. The van der Waals surface area contributed by atoms with Crippen LogP contribution in [0.4, 0.5) is 0 Å². The molecule has 3 N–H and O–H groups in total. The third kappa shape index (κ3) is 3.59. The smallest absolute Gasteiger partial charge is 0.272 e. The Bertz CT molecular complexity index is 792. The van der Waals surface area contributed by atoms with Gasteiger partial charge in [-0.05, 0) is 31.4 Å². The van der Waals surface area contributed by atoms with Gasteiger partial charge in [-0.3, -0.25) is 5.32 Å². The molecule has 1 aromatic carbocycles. The van der Waals surface area contributed by atoms with E-state index < -0.39 is 15.4 Å². The molecule has 8 heteroatoms. The molecule has 3 rings (SSSR count). The molecule has 1 aliphatic rings. The molecule has 7 nitrogen and oxygen atoms in total. The van der Waals surface area contributed by atoms with E-state index in [1.807, 2.05) is 30.3 Å². The number of hydrogen-bond donors (Lipinski definition) is 2. The van der Waals surface area contributed by atoms with Crippen molar-refractivity contribution in [3.8, 4) is 11.1 Å². The lowest BCUT2D eigenvalue weighted by atomic mass is 10.1. The summed E-state index contributed by atoms with van der Waals surface area (Å²) in [6.45, 7) is 0.680. The fourth-order valence-corrected chi connectivity index (χ4v) is 3.80. The lowest BCUT2D eigenvalue weighted by Crippen LogP contribution is -2.40. The molecule has 1 saturated heterocycles. The van der Waals surface area contributed by atoms with Crippen molar-refractivity contribution in [2.45, 2.75) is 24.6 Å². The van der Waals surface area contributed by atoms with Crippen LogP contribution in [0, 0.1) is 0 Å². The average Bonchev–Trinajstić information content (AvgIpc) is 3.06. The van der Waals surface area contributed by atoms with Crippen LogP contribution in [-0.4, -0.2) is 36.1 Å². The second kappa shape index (κ2) is 6.51. The first kappa shape index (κ1) is 15.7. The van der Waals surface area contributed by atoms with E-state index in [0.29, 0.717) is 13.0 Å². The van der Waals surface area contributed by atoms with E-state index in [-0.39, 0.29) is 5.96 Å². The fourth-order valence-electron chi connectivity index (χ4n) is 2.54. The minimum atomic E-state index is -3.70. The summed E-state index contributed by atoms with van der Waals surface area (Å²) < 4.78 is 29.5. The summed E-state index contributed by atoms with van der Waals surface area (Å²) >= 11 is 0. The molecule has 1 aliphatic heterocycles. The molecule has 1 fully saturated rings. The molecular formula is C15H19N5O2S. The van der Waals surface area contributed by atoms with Gasteiger partial charge in [0, 0.05) is 11.8 Å². The summed E-state index contributed by atoms with van der Waals surface area (Å²) in [5.41, 5.74) is 7.64. The maximum atomic E-state index is 12.3. The van der Waals surface area contributed by atoms with E-state index in [0.717, 1.165) is 24.0 Å². The van der Waals surface area contributed by atoms with Gasteiger partial charge in [0.2, 0.25) is 5.96 Å². The number of piperidine rings is 1. The zero-order valence-corrected chi connectivity index (χ0v) is 13.4. The molecule has 0 amide bonds. The Balaban J connectivity index is 1.82. The number of nitrogens with two attached hydrogens (primary N) is 1. The van der Waals surface area contributed by atoms with Gasteiger partial charge >= 0.3 is 0 Å². The molecule has 0 saturated carbocycles. The molecule has 2 heterocycles. The predicted molar refractivity (Wildman–Crippen MR) is 89.2 cm³/mol. The molecule has 1 unspecified atom stereocenters.